The van der Waals surface area contributed by atoms with E-state index in [-0.39, 0.29) is 5.56 Å². The van der Waals surface area contributed by atoms with Crippen LogP contribution >= 0.6 is 0 Å². The number of para-hydroxylation sites is 1. The summed E-state index contributed by atoms with van der Waals surface area (Å²) in [5.41, 5.74) is 1.71. The van der Waals surface area contributed by atoms with E-state index in [0.717, 1.165) is 5.69 Å². The molecule has 0 radical (unpaired) electrons. The summed E-state index contributed by atoms with van der Waals surface area (Å²) in [7, 11) is 0. The molecule has 0 fully saturated rings. The Morgan fingerprint density at radius 3 is 2.52 bits per heavy atom. The number of nitrogens with zero attached hydrogens (tertiary/aromatic N) is 2. The molecule has 1 heterocycles. The summed E-state index contributed by atoms with van der Waals surface area (Å²) >= 11 is 0. The molecule has 2 rings (SSSR count). The molecule has 0 unspecified atom stereocenters. The zero-order valence-electron chi connectivity index (χ0n) is 11.8. The van der Waals surface area contributed by atoms with E-state index in [2.05, 4.69) is 23.0 Å². The first kappa shape index (κ1) is 14.9. The molecule has 0 amide bonds. The summed E-state index contributed by atoms with van der Waals surface area (Å²) in [5.74, 6) is -0.936. The number of hydrogen-bond acceptors (Lipinski definition) is 3. The third-order valence-electron chi connectivity index (χ3n) is 3.16. The first-order valence-electron chi connectivity index (χ1n) is 6.71. The number of rotatable bonds is 7. The van der Waals surface area contributed by atoms with Gasteiger partial charge in [0.1, 0.15) is 0 Å². The normalized spacial score (nSPS) is 10.7. The molecule has 108 valence electrons. The van der Waals surface area contributed by atoms with E-state index in [1.54, 1.807) is 12.1 Å². The average Bonchev–Trinajstić information content (AvgIpc) is 2.47. The highest BCUT2D eigenvalue weighted by Crippen LogP contribution is 2.19. The summed E-state index contributed by atoms with van der Waals surface area (Å²) < 4.78 is 0. The molecular weight excluding hydrogens is 264 g/mol. The predicted molar refractivity (Wildman–Crippen MR) is 84.4 cm³/mol. The topological polar surface area (TPSA) is 53.4 Å². The Hall–Kier alpha value is -2.46. The number of fused-ring (bicyclic) bond motifs is 1. The van der Waals surface area contributed by atoms with Gasteiger partial charge in [-0.15, -0.1) is 13.2 Å². The van der Waals surface area contributed by atoms with Gasteiger partial charge >= 0.3 is 5.97 Å². The maximum atomic E-state index is 11.4. The van der Waals surface area contributed by atoms with Crippen molar-refractivity contribution in [1.29, 1.82) is 0 Å². The lowest BCUT2D eigenvalue weighted by Gasteiger charge is -2.18. The van der Waals surface area contributed by atoms with Crippen LogP contribution in [0.5, 0.6) is 0 Å². The van der Waals surface area contributed by atoms with Crippen molar-refractivity contribution in [3.8, 4) is 0 Å². The highest BCUT2D eigenvalue weighted by molar-refractivity contribution is 6.02. The van der Waals surface area contributed by atoms with Crippen LogP contribution in [0.1, 0.15) is 16.1 Å². The second-order valence-corrected chi connectivity index (χ2v) is 4.75. The standard InChI is InChI=1S/C17H18N2O2/c1-3-9-19(10-4-2)12-13-11-15(17(20)21)14-7-5-6-8-16(14)18-13/h3-8,11H,1-2,9-10,12H2,(H,20,21). The number of hydrogen-bond donors (Lipinski definition) is 1. The Bertz CT molecular complexity index is 670. The van der Waals surface area contributed by atoms with Gasteiger partial charge in [0.25, 0.3) is 0 Å². The van der Waals surface area contributed by atoms with E-state index in [9.17, 15) is 9.90 Å². The van der Waals surface area contributed by atoms with Gasteiger partial charge in [-0.3, -0.25) is 9.88 Å². The zero-order valence-corrected chi connectivity index (χ0v) is 11.8. The summed E-state index contributed by atoms with van der Waals surface area (Å²) in [6, 6.07) is 8.93. The highest BCUT2D eigenvalue weighted by Gasteiger charge is 2.13. The van der Waals surface area contributed by atoms with Gasteiger partial charge in [0.15, 0.2) is 0 Å². The lowest BCUT2D eigenvalue weighted by molar-refractivity contribution is 0.0698. The molecule has 0 atom stereocenters. The van der Waals surface area contributed by atoms with Crippen LogP contribution in [-0.4, -0.2) is 34.0 Å². The van der Waals surface area contributed by atoms with Gasteiger partial charge in [0, 0.05) is 25.0 Å². The van der Waals surface area contributed by atoms with Gasteiger partial charge in [0.05, 0.1) is 16.8 Å². The molecule has 4 heteroatoms. The van der Waals surface area contributed by atoms with Gasteiger partial charge in [-0.1, -0.05) is 30.4 Å². The Morgan fingerprint density at radius 1 is 1.24 bits per heavy atom. The monoisotopic (exact) mass is 282 g/mol. The predicted octanol–water partition coefficient (Wildman–Crippen LogP) is 3.11. The van der Waals surface area contributed by atoms with E-state index in [1.807, 2.05) is 30.4 Å². The van der Waals surface area contributed by atoms with Gasteiger partial charge < -0.3 is 5.11 Å². The smallest absolute Gasteiger partial charge is 0.336 e. The Balaban J connectivity index is 2.42. The van der Waals surface area contributed by atoms with Crippen LogP contribution < -0.4 is 0 Å². The molecule has 0 aliphatic carbocycles. The minimum absolute atomic E-state index is 0.285. The molecule has 2 aromatic rings. The van der Waals surface area contributed by atoms with E-state index >= 15 is 0 Å². The highest BCUT2D eigenvalue weighted by atomic mass is 16.4. The summed E-state index contributed by atoms with van der Waals surface area (Å²) in [6.07, 6.45) is 3.62. The molecule has 0 bridgehead atoms. The minimum atomic E-state index is -0.936. The van der Waals surface area contributed by atoms with Crippen LogP contribution in [0.25, 0.3) is 10.9 Å². The molecule has 1 aromatic heterocycles. The molecule has 1 N–H and O–H groups in total. The Labute approximate surface area is 124 Å². The van der Waals surface area contributed by atoms with E-state index in [0.29, 0.717) is 30.5 Å². The van der Waals surface area contributed by atoms with Crippen LogP contribution in [0.15, 0.2) is 55.6 Å². The fourth-order valence-electron chi connectivity index (χ4n) is 2.29. The van der Waals surface area contributed by atoms with Gasteiger partial charge in [-0.25, -0.2) is 4.79 Å². The van der Waals surface area contributed by atoms with Crippen molar-refractivity contribution in [3.05, 3.63) is 66.9 Å². The number of carbonyl (C=O) groups is 1. The average molecular weight is 282 g/mol. The van der Waals surface area contributed by atoms with Crippen molar-refractivity contribution in [2.45, 2.75) is 6.54 Å². The van der Waals surface area contributed by atoms with Gasteiger partial charge in [-0.05, 0) is 12.1 Å². The van der Waals surface area contributed by atoms with E-state index < -0.39 is 5.97 Å². The first-order chi connectivity index (χ1) is 10.2. The van der Waals surface area contributed by atoms with Crippen molar-refractivity contribution >= 4 is 16.9 Å². The van der Waals surface area contributed by atoms with Crippen molar-refractivity contribution in [2.24, 2.45) is 0 Å². The Morgan fingerprint density at radius 2 is 1.90 bits per heavy atom. The van der Waals surface area contributed by atoms with Gasteiger partial charge in [0.2, 0.25) is 0 Å². The quantitative estimate of drug-likeness (QED) is 0.793. The molecule has 21 heavy (non-hydrogen) atoms. The molecule has 0 aliphatic rings. The molecular formula is C17H18N2O2. The number of carboxylic acid groups (broad SMARTS) is 1. The van der Waals surface area contributed by atoms with Crippen LogP contribution in [0, 0.1) is 0 Å². The van der Waals surface area contributed by atoms with Gasteiger partial charge in [-0.2, -0.15) is 0 Å². The largest absolute Gasteiger partial charge is 0.478 e. The molecule has 0 saturated carbocycles. The number of pyridine rings is 1. The maximum absolute atomic E-state index is 11.4. The number of aromatic carboxylic acids is 1. The minimum Gasteiger partial charge on any atom is -0.478 e. The lowest BCUT2D eigenvalue weighted by atomic mass is 10.1. The Kier molecular flexibility index (Phi) is 4.85. The van der Waals surface area contributed by atoms with Crippen molar-refractivity contribution < 1.29 is 9.90 Å². The third kappa shape index (κ3) is 3.55. The summed E-state index contributed by atoms with van der Waals surface area (Å²) in [4.78, 5) is 18.1. The van der Waals surface area contributed by atoms with Crippen molar-refractivity contribution in [2.75, 3.05) is 13.1 Å². The van der Waals surface area contributed by atoms with E-state index in [1.165, 1.54) is 0 Å². The third-order valence-corrected chi connectivity index (χ3v) is 3.16. The molecule has 4 nitrogen and oxygen atoms in total. The van der Waals surface area contributed by atoms with Crippen molar-refractivity contribution in [1.82, 2.24) is 9.88 Å². The van der Waals surface area contributed by atoms with E-state index in [4.69, 9.17) is 0 Å². The van der Waals surface area contributed by atoms with Crippen LogP contribution in [-0.2, 0) is 6.54 Å². The summed E-state index contributed by atoms with van der Waals surface area (Å²) in [6.45, 7) is 9.41. The number of carboxylic acids is 1. The second kappa shape index (κ2) is 6.81. The van der Waals surface area contributed by atoms with Crippen molar-refractivity contribution in [3.63, 3.8) is 0 Å². The first-order valence-corrected chi connectivity index (χ1v) is 6.71. The second-order valence-electron chi connectivity index (χ2n) is 4.75. The SMILES string of the molecule is C=CCN(CC=C)Cc1cc(C(=O)O)c2ccccc2n1. The molecule has 1 aromatic carbocycles. The maximum Gasteiger partial charge on any atom is 0.336 e. The van der Waals surface area contributed by atoms with Crippen LogP contribution in [0.4, 0.5) is 0 Å². The molecule has 0 aliphatic heterocycles. The van der Waals surface area contributed by atoms with Crippen LogP contribution in [0.3, 0.4) is 0 Å². The number of benzene rings is 1. The zero-order chi connectivity index (χ0) is 15.2. The van der Waals surface area contributed by atoms with Crippen LogP contribution in [0.2, 0.25) is 0 Å². The lowest BCUT2D eigenvalue weighted by Crippen LogP contribution is -2.24. The molecule has 0 spiro atoms. The summed E-state index contributed by atoms with van der Waals surface area (Å²) in [5, 5.41) is 10.0. The fraction of sp³-hybridized carbons (Fsp3) is 0.176. The molecule has 0 saturated heterocycles. The fourth-order valence-corrected chi connectivity index (χ4v) is 2.29. The number of aromatic nitrogens is 1.